The van der Waals surface area contributed by atoms with Crippen molar-refractivity contribution in [2.45, 2.75) is 25.0 Å². The Bertz CT molecular complexity index is 722. The highest BCUT2D eigenvalue weighted by atomic mass is 32.1. The minimum atomic E-state index is 0.317. The monoisotopic (exact) mass is 325 g/mol. The molecule has 0 amide bonds. The molecule has 2 atom stereocenters. The Balaban J connectivity index is 1.59. The molecular weight excluding hydrogens is 306 g/mol. The average molecular weight is 325 g/mol. The zero-order valence-electron chi connectivity index (χ0n) is 12.9. The van der Waals surface area contributed by atoms with E-state index in [0.717, 1.165) is 37.3 Å². The highest BCUT2D eigenvalue weighted by Gasteiger charge is 2.34. The number of carbonyl (C=O) groups is 1. The first kappa shape index (κ1) is 14.8. The lowest BCUT2D eigenvalue weighted by molar-refractivity contribution is -0.0402. The summed E-state index contributed by atoms with van der Waals surface area (Å²) in [4.78, 5) is 14.3. The lowest BCUT2D eigenvalue weighted by Gasteiger charge is -2.44. The highest BCUT2D eigenvalue weighted by molar-refractivity contribution is 7.11. The van der Waals surface area contributed by atoms with Crippen molar-refractivity contribution in [2.24, 2.45) is 0 Å². The van der Waals surface area contributed by atoms with Crippen LogP contribution in [0.3, 0.4) is 0 Å². The number of morpholine rings is 1. The van der Waals surface area contributed by atoms with Gasteiger partial charge >= 0.3 is 0 Å². The normalized spacial score (nSPS) is 24.3. The van der Waals surface area contributed by atoms with Gasteiger partial charge in [-0.1, -0.05) is 36.4 Å². The van der Waals surface area contributed by atoms with Crippen LogP contribution in [-0.2, 0) is 11.3 Å². The molecule has 1 aromatic heterocycles. The van der Waals surface area contributed by atoms with Gasteiger partial charge in [-0.05, 0) is 34.6 Å². The van der Waals surface area contributed by atoms with Crippen molar-refractivity contribution < 1.29 is 9.53 Å². The third-order valence-corrected chi connectivity index (χ3v) is 5.52. The van der Waals surface area contributed by atoms with Crippen LogP contribution >= 0.6 is 11.3 Å². The molecular formula is C19H19NO2S. The number of rotatable bonds is 4. The summed E-state index contributed by atoms with van der Waals surface area (Å²) in [6, 6.07) is 13.4. The second-order valence-electron chi connectivity index (χ2n) is 6.17. The Morgan fingerprint density at radius 2 is 2.13 bits per heavy atom. The van der Waals surface area contributed by atoms with Gasteiger partial charge in [0.1, 0.15) is 0 Å². The van der Waals surface area contributed by atoms with Crippen LogP contribution in [0.1, 0.15) is 27.2 Å². The van der Waals surface area contributed by atoms with Crippen LogP contribution in [0.5, 0.6) is 0 Å². The maximum absolute atomic E-state index is 10.9. The molecule has 0 radical (unpaired) electrons. The number of ether oxygens (including phenoxy) is 1. The van der Waals surface area contributed by atoms with Gasteiger partial charge in [0.05, 0.1) is 24.1 Å². The van der Waals surface area contributed by atoms with Gasteiger partial charge in [-0.25, -0.2) is 0 Å². The van der Waals surface area contributed by atoms with Crippen LogP contribution in [0.25, 0.3) is 5.57 Å². The van der Waals surface area contributed by atoms with Crippen LogP contribution in [-0.4, -0.2) is 36.5 Å². The number of hydrogen-bond acceptors (Lipinski definition) is 4. The first-order chi connectivity index (χ1) is 11.3. The third kappa shape index (κ3) is 3.02. The predicted molar refractivity (Wildman–Crippen MR) is 92.7 cm³/mol. The van der Waals surface area contributed by atoms with Crippen LogP contribution in [0.4, 0.5) is 0 Å². The Morgan fingerprint density at radius 1 is 1.26 bits per heavy atom. The predicted octanol–water partition coefficient (Wildman–Crippen LogP) is 3.62. The minimum absolute atomic E-state index is 0.317. The molecule has 23 heavy (non-hydrogen) atoms. The molecule has 1 fully saturated rings. The second kappa shape index (κ2) is 6.40. The Kier molecular flexibility index (Phi) is 4.12. The molecule has 3 nitrogen and oxygen atoms in total. The van der Waals surface area contributed by atoms with E-state index < -0.39 is 0 Å². The smallest absolute Gasteiger partial charge is 0.160 e. The largest absolute Gasteiger partial charge is 0.378 e. The van der Waals surface area contributed by atoms with Gasteiger partial charge in [0.2, 0.25) is 0 Å². The fourth-order valence-corrected chi connectivity index (χ4v) is 4.23. The van der Waals surface area contributed by atoms with Gasteiger partial charge in [0.15, 0.2) is 6.29 Å². The van der Waals surface area contributed by atoms with E-state index in [9.17, 15) is 4.79 Å². The summed E-state index contributed by atoms with van der Waals surface area (Å²) in [5.74, 6) is 0. The SMILES string of the molecule is O=Cc1cc(C2=CC3COCC(C2)N3Cc2ccccc2)cs1. The second-order valence-corrected chi connectivity index (χ2v) is 7.11. The van der Waals surface area contributed by atoms with Crippen molar-refractivity contribution in [1.29, 1.82) is 0 Å². The Morgan fingerprint density at radius 3 is 2.87 bits per heavy atom. The van der Waals surface area contributed by atoms with Gasteiger partial charge in [-0.15, -0.1) is 11.3 Å². The summed E-state index contributed by atoms with van der Waals surface area (Å²) in [6.07, 6.45) is 4.25. The maximum Gasteiger partial charge on any atom is 0.160 e. The molecule has 1 aromatic carbocycles. The number of fused-ring (bicyclic) bond motifs is 2. The summed E-state index contributed by atoms with van der Waals surface area (Å²) in [5, 5.41) is 2.10. The van der Waals surface area contributed by atoms with E-state index in [4.69, 9.17) is 4.74 Å². The molecule has 4 rings (SSSR count). The van der Waals surface area contributed by atoms with Crippen molar-refractivity contribution in [3.8, 4) is 0 Å². The lowest BCUT2D eigenvalue weighted by atomic mass is 9.90. The van der Waals surface area contributed by atoms with E-state index in [1.54, 1.807) is 0 Å². The molecule has 1 saturated heterocycles. The molecule has 2 aliphatic heterocycles. The summed E-state index contributed by atoms with van der Waals surface area (Å²) < 4.78 is 5.78. The maximum atomic E-state index is 10.9. The van der Waals surface area contributed by atoms with Crippen LogP contribution in [0, 0.1) is 0 Å². The molecule has 3 heterocycles. The molecule has 2 unspecified atom stereocenters. The van der Waals surface area contributed by atoms with Gasteiger partial charge < -0.3 is 4.74 Å². The Hall–Kier alpha value is -1.75. The summed E-state index contributed by atoms with van der Waals surface area (Å²) in [6.45, 7) is 2.50. The van der Waals surface area contributed by atoms with E-state index in [-0.39, 0.29) is 0 Å². The summed E-state index contributed by atoms with van der Waals surface area (Å²) in [7, 11) is 0. The number of hydrogen-bond donors (Lipinski definition) is 0. The third-order valence-electron chi connectivity index (χ3n) is 4.66. The van der Waals surface area contributed by atoms with Crippen molar-refractivity contribution >= 4 is 23.2 Å². The molecule has 2 bridgehead atoms. The molecule has 0 saturated carbocycles. The lowest BCUT2D eigenvalue weighted by Crippen LogP contribution is -2.53. The topological polar surface area (TPSA) is 29.5 Å². The van der Waals surface area contributed by atoms with E-state index in [2.05, 4.69) is 46.7 Å². The molecule has 4 heteroatoms. The number of benzene rings is 1. The summed E-state index contributed by atoms with van der Waals surface area (Å²) in [5.41, 5.74) is 3.91. The van der Waals surface area contributed by atoms with Gasteiger partial charge in [0, 0.05) is 12.6 Å². The van der Waals surface area contributed by atoms with Gasteiger partial charge in [0.25, 0.3) is 0 Å². The molecule has 2 aromatic rings. The standard InChI is InChI=1S/C19H19NO2S/c21-10-19-8-16(13-23-19)15-6-17-11-22-12-18(7-15)20(17)9-14-4-2-1-3-5-14/h1-6,8,10,13,17-18H,7,9,11-12H2. The minimum Gasteiger partial charge on any atom is -0.378 e. The molecule has 0 N–H and O–H groups in total. The average Bonchev–Trinajstić information content (AvgIpc) is 3.05. The van der Waals surface area contributed by atoms with E-state index >= 15 is 0 Å². The summed E-state index contributed by atoms with van der Waals surface area (Å²) >= 11 is 1.52. The number of thiophene rings is 1. The Labute approximate surface area is 140 Å². The highest BCUT2D eigenvalue weighted by Crippen LogP contribution is 2.34. The van der Waals surface area contributed by atoms with Crippen molar-refractivity contribution in [3.63, 3.8) is 0 Å². The van der Waals surface area contributed by atoms with E-state index in [1.165, 1.54) is 28.0 Å². The molecule has 118 valence electrons. The first-order valence-corrected chi connectivity index (χ1v) is 8.83. The first-order valence-electron chi connectivity index (χ1n) is 7.95. The fraction of sp³-hybridized carbons (Fsp3) is 0.316. The van der Waals surface area contributed by atoms with Crippen molar-refractivity contribution in [1.82, 2.24) is 4.90 Å². The number of nitrogens with zero attached hydrogens (tertiary/aromatic N) is 1. The van der Waals surface area contributed by atoms with E-state index in [0.29, 0.717) is 12.1 Å². The molecule has 0 aliphatic carbocycles. The van der Waals surface area contributed by atoms with Crippen molar-refractivity contribution in [3.05, 3.63) is 63.9 Å². The van der Waals surface area contributed by atoms with Gasteiger partial charge in [-0.3, -0.25) is 9.69 Å². The molecule has 0 spiro atoms. The number of aldehydes is 1. The quantitative estimate of drug-likeness (QED) is 0.804. The molecule has 2 aliphatic rings. The van der Waals surface area contributed by atoms with E-state index in [1.807, 2.05) is 6.07 Å². The van der Waals surface area contributed by atoms with Crippen LogP contribution < -0.4 is 0 Å². The van der Waals surface area contributed by atoms with Crippen molar-refractivity contribution in [2.75, 3.05) is 13.2 Å². The zero-order chi connectivity index (χ0) is 15.6. The fourth-order valence-electron chi connectivity index (χ4n) is 3.50. The van der Waals surface area contributed by atoms with Crippen LogP contribution in [0.15, 0.2) is 47.9 Å². The van der Waals surface area contributed by atoms with Gasteiger partial charge in [-0.2, -0.15) is 0 Å². The zero-order valence-corrected chi connectivity index (χ0v) is 13.7. The number of carbonyl (C=O) groups excluding carboxylic acids is 1. The van der Waals surface area contributed by atoms with Crippen LogP contribution in [0.2, 0.25) is 0 Å².